The second-order valence-electron chi connectivity index (χ2n) is 5.31. The molecule has 0 aromatic heterocycles. The Labute approximate surface area is 114 Å². The van der Waals surface area contributed by atoms with E-state index in [-0.39, 0.29) is 0 Å². The largest absolute Gasteiger partial charge is 0.317 e. The molecule has 1 atom stereocenters. The topological polar surface area (TPSA) is 46.2 Å². The predicted molar refractivity (Wildman–Crippen MR) is 79.8 cm³/mol. The molecule has 0 aliphatic rings. The molecule has 0 radical (unpaired) electrons. The Morgan fingerprint density at radius 2 is 1.50 bits per heavy atom. The molecule has 0 aromatic carbocycles. The molecule has 110 valence electrons. The highest BCUT2D eigenvalue weighted by atomic mass is 32.2. The van der Waals surface area contributed by atoms with Crippen molar-refractivity contribution in [1.82, 2.24) is 5.32 Å². The van der Waals surface area contributed by atoms with E-state index in [2.05, 4.69) is 12.2 Å². The molecule has 3 nitrogen and oxygen atoms in total. The van der Waals surface area contributed by atoms with Crippen molar-refractivity contribution in [3.8, 4) is 0 Å². The van der Waals surface area contributed by atoms with E-state index >= 15 is 0 Å². The maximum absolute atomic E-state index is 11.1. The molecular formula is C14H31NO2S. The minimum Gasteiger partial charge on any atom is -0.317 e. The van der Waals surface area contributed by atoms with Crippen molar-refractivity contribution < 1.29 is 8.42 Å². The van der Waals surface area contributed by atoms with Crippen LogP contribution >= 0.6 is 0 Å². The van der Waals surface area contributed by atoms with E-state index in [1.165, 1.54) is 51.2 Å². The molecule has 0 aliphatic carbocycles. The van der Waals surface area contributed by atoms with Gasteiger partial charge in [-0.1, -0.05) is 51.9 Å². The summed E-state index contributed by atoms with van der Waals surface area (Å²) in [5, 5.41) is 3.22. The van der Waals surface area contributed by atoms with Gasteiger partial charge >= 0.3 is 0 Å². The van der Waals surface area contributed by atoms with Gasteiger partial charge in [0.25, 0.3) is 0 Å². The van der Waals surface area contributed by atoms with E-state index in [4.69, 9.17) is 0 Å². The molecule has 1 N–H and O–H groups in total. The van der Waals surface area contributed by atoms with Crippen molar-refractivity contribution in [2.45, 2.75) is 70.8 Å². The molecular weight excluding hydrogens is 246 g/mol. The summed E-state index contributed by atoms with van der Waals surface area (Å²) in [5.74, 6) is 0.301. The molecule has 0 aliphatic heterocycles. The summed E-state index contributed by atoms with van der Waals surface area (Å²) in [5.41, 5.74) is 0. The Morgan fingerprint density at radius 3 is 2.00 bits per heavy atom. The maximum Gasteiger partial charge on any atom is 0.147 e. The van der Waals surface area contributed by atoms with Crippen LogP contribution < -0.4 is 5.32 Å². The fraction of sp³-hybridized carbons (Fsp3) is 1.00. The van der Waals surface area contributed by atoms with Crippen molar-refractivity contribution in [2.24, 2.45) is 0 Å². The van der Waals surface area contributed by atoms with Crippen molar-refractivity contribution in [2.75, 3.05) is 19.1 Å². The fourth-order valence-corrected chi connectivity index (χ4v) is 2.85. The average molecular weight is 277 g/mol. The Morgan fingerprint density at radius 1 is 0.944 bits per heavy atom. The van der Waals surface area contributed by atoms with E-state index in [9.17, 15) is 8.42 Å². The van der Waals surface area contributed by atoms with Gasteiger partial charge in [0, 0.05) is 12.3 Å². The molecule has 0 aromatic rings. The first-order valence-corrected chi connectivity index (χ1v) is 9.40. The molecule has 0 heterocycles. The summed E-state index contributed by atoms with van der Waals surface area (Å²) in [4.78, 5) is 0. The van der Waals surface area contributed by atoms with Crippen LogP contribution in [0.2, 0.25) is 0 Å². The zero-order valence-electron chi connectivity index (χ0n) is 12.4. The summed E-state index contributed by atoms with van der Waals surface area (Å²) in [6.45, 7) is 2.24. The second kappa shape index (κ2) is 10.8. The molecule has 0 amide bonds. The molecule has 0 fully saturated rings. The van der Waals surface area contributed by atoms with Crippen LogP contribution in [0.15, 0.2) is 0 Å². The zero-order chi connectivity index (χ0) is 13.9. The smallest absolute Gasteiger partial charge is 0.147 e. The molecule has 0 saturated heterocycles. The fourth-order valence-electron chi connectivity index (χ4n) is 2.14. The van der Waals surface area contributed by atoms with Gasteiger partial charge < -0.3 is 5.32 Å². The Hall–Kier alpha value is -0.0900. The first-order chi connectivity index (χ1) is 8.49. The van der Waals surface area contributed by atoms with Crippen LogP contribution in [0, 0.1) is 0 Å². The van der Waals surface area contributed by atoms with Crippen LogP contribution in [0.3, 0.4) is 0 Å². The lowest BCUT2D eigenvalue weighted by Crippen LogP contribution is -2.27. The molecule has 0 bridgehead atoms. The highest BCUT2D eigenvalue weighted by molar-refractivity contribution is 7.90. The average Bonchev–Trinajstić information content (AvgIpc) is 2.30. The van der Waals surface area contributed by atoms with Gasteiger partial charge in [-0.2, -0.15) is 0 Å². The normalized spacial score (nSPS) is 13.7. The summed E-state index contributed by atoms with van der Waals surface area (Å²) < 4.78 is 22.2. The minimum atomic E-state index is -2.81. The van der Waals surface area contributed by atoms with Crippen LogP contribution in [-0.4, -0.2) is 33.5 Å². The Bertz CT molecular complexity index is 276. The lowest BCUT2D eigenvalue weighted by molar-refractivity contribution is 0.469. The maximum atomic E-state index is 11.1. The molecule has 0 rings (SSSR count). The highest BCUT2D eigenvalue weighted by Crippen LogP contribution is 2.11. The summed E-state index contributed by atoms with van der Waals surface area (Å²) in [7, 11) is -0.890. The number of hydrogen-bond acceptors (Lipinski definition) is 3. The standard InChI is InChI=1S/C14H31NO2S/c1-4-5-6-7-8-9-10-11-14(15-2)12-13-18(3,16)17/h14-15H,4-13H2,1-3H3. The lowest BCUT2D eigenvalue weighted by atomic mass is 10.0. The quantitative estimate of drug-likeness (QED) is 0.557. The van der Waals surface area contributed by atoms with Gasteiger partial charge in [-0.3, -0.25) is 0 Å². The highest BCUT2D eigenvalue weighted by Gasteiger charge is 2.09. The van der Waals surface area contributed by atoms with Gasteiger partial charge in [-0.15, -0.1) is 0 Å². The third kappa shape index (κ3) is 12.4. The number of hydrogen-bond donors (Lipinski definition) is 1. The third-order valence-corrected chi connectivity index (χ3v) is 4.38. The van der Waals surface area contributed by atoms with Gasteiger partial charge in [0.1, 0.15) is 9.84 Å². The van der Waals surface area contributed by atoms with Gasteiger partial charge in [0.05, 0.1) is 5.75 Å². The number of unbranched alkanes of at least 4 members (excludes halogenated alkanes) is 6. The number of sulfone groups is 1. The molecule has 18 heavy (non-hydrogen) atoms. The van der Waals surface area contributed by atoms with Crippen LogP contribution in [0.1, 0.15) is 64.7 Å². The van der Waals surface area contributed by atoms with Gasteiger partial charge in [0.2, 0.25) is 0 Å². The molecule has 1 unspecified atom stereocenters. The first kappa shape index (κ1) is 17.9. The molecule has 0 spiro atoms. The SMILES string of the molecule is CCCCCCCCCC(CCS(C)(=O)=O)NC. The van der Waals surface area contributed by atoms with Crippen molar-refractivity contribution in [3.05, 3.63) is 0 Å². The number of nitrogens with one attached hydrogen (secondary N) is 1. The van der Waals surface area contributed by atoms with Crippen LogP contribution in [0.4, 0.5) is 0 Å². The summed E-state index contributed by atoms with van der Waals surface area (Å²) >= 11 is 0. The second-order valence-corrected chi connectivity index (χ2v) is 7.57. The zero-order valence-corrected chi connectivity index (χ0v) is 13.2. The van der Waals surface area contributed by atoms with Crippen molar-refractivity contribution in [1.29, 1.82) is 0 Å². The summed E-state index contributed by atoms with van der Waals surface area (Å²) in [6, 6.07) is 0.357. The van der Waals surface area contributed by atoms with E-state index in [0.717, 1.165) is 12.8 Å². The van der Waals surface area contributed by atoms with Crippen LogP contribution in [-0.2, 0) is 9.84 Å². The van der Waals surface area contributed by atoms with Crippen molar-refractivity contribution in [3.63, 3.8) is 0 Å². The predicted octanol–water partition coefficient (Wildman–Crippen LogP) is 3.15. The minimum absolute atomic E-state index is 0.301. The molecule has 0 saturated carbocycles. The van der Waals surface area contributed by atoms with E-state index in [0.29, 0.717) is 11.8 Å². The third-order valence-electron chi connectivity index (χ3n) is 3.40. The van der Waals surface area contributed by atoms with Crippen LogP contribution in [0.25, 0.3) is 0 Å². The van der Waals surface area contributed by atoms with Gasteiger partial charge in [-0.25, -0.2) is 8.42 Å². The van der Waals surface area contributed by atoms with Crippen LogP contribution in [0.5, 0.6) is 0 Å². The van der Waals surface area contributed by atoms with Gasteiger partial charge in [-0.05, 0) is 19.9 Å². The Balaban J connectivity index is 3.50. The first-order valence-electron chi connectivity index (χ1n) is 7.34. The summed E-state index contributed by atoms with van der Waals surface area (Å²) in [6.07, 6.45) is 12.3. The van der Waals surface area contributed by atoms with E-state index in [1.807, 2.05) is 7.05 Å². The molecule has 4 heteroatoms. The lowest BCUT2D eigenvalue weighted by Gasteiger charge is -2.15. The van der Waals surface area contributed by atoms with E-state index in [1.54, 1.807) is 0 Å². The van der Waals surface area contributed by atoms with E-state index < -0.39 is 9.84 Å². The van der Waals surface area contributed by atoms with Gasteiger partial charge in [0.15, 0.2) is 0 Å². The monoisotopic (exact) mass is 277 g/mol. The number of rotatable bonds is 12. The Kier molecular flexibility index (Phi) is 10.7. The van der Waals surface area contributed by atoms with Crippen molar-refractivity contribution >= 4 is 9.84 Å².